The molecule has 0 amide bonds. The molecule has 0 aliphatic heterocycles. The summed E-state index contributed by atoms with van der Waals surface area (Å²) in [7, 11) is -0.888. The molecule has 2 heteroatoms. The summed E-state index contributed by atoms with van der Waals surface area (Å²) in [6.07, 6.45) is 25.0. The monoisotopic (exact) mass is 482 g/mol. The number of halogens is 1. The van der Waals surface area contributed by atoms with Crippen molar-refractivity contribution < 1.29 is 17.0 Å². The average molecular weight is 484 g/mol. The van der Waals surface area contributed by atoms with Gasteiger partial charge in [0.15, 0.2) is 0 Å². The molecule has 0 nitrogen and oxygen atoms in total. The van der Waals surface area contributed by atoms with Gasteiger partial charge in [-0.15, -0.1) is 0 Å². The molecule has 0 aliphatic rings. The molecule has 168 valence electrons. The second kappa shape index (κ2) is 18.6. The average Bonchev–Trinajstić information content (AvgIpc) is 2.72. The van der Waals surface area contributed by atoms with Crippen LogP contribution in [0.25, 0.3) is 6.08 Å². The highest BCUT2D eigenvalue weighted by Crippen LogP contribution is 2.63. The van der Waals surface area contributed by atoms with Crippen LogP contribution in [-0.4, -0.2) is 18.5 Å². The fourth-order valence-electron chi connectivity index (χ4n) is 4.34. The molecule has 0 atom stereocenters. The van der Waals surface area contributed by atoms with E-state index in [9.17, 15) is 0 Å². The van der Waals surface area contributed by atoms with Crippen LogP contribution in [0.3, 0.4) is 0 Å². The summed E-state index contributed by atoms with van der Waals surface area (Å²) >= 11 is 0. The van der Waals surface area contributed by atoms with E-state index < -0.39 is 7.26 Å². The summed E-state index contributed by atoms with van der Waals surface area (Å²) in [5, 5.41) is 0. The van der Waals surface area contributed by atoms with Crippen molar-refractivity contribution in [3.8, 4) is 0 Å². The normalized spacial score (nSPS) is 11.3. The molecular weight excluding hydrogens is 435 g/mol. The first-order valence-corrected chi connectivity index (χ1v) is 14.8. The fourth-order valence-corrected chi connectivity index (χ4v) is 9.15. The zero-order chi connectivity index (χ0) is 20.5. The van der Waals surface area contributed by atoms with Crippen molar-refractivity contribution in [3.63, 3.8) is 0 Å². The molecule has 0 saturated heterocycles. The lowest BCUT2D eigenvalue weighted by Gasteiger charge is -2.28. The fraction of sp³-hybridized carbons (Fsp3) is 0.704. The Balaban J connectivity index is 0.00000784. The van der Waals surface area contributed by atoms with Crippen LogP contribution in [0, 0.1) is 0 Å². The molecule has 0 fully saturated rings. The number of hydrogen-bond acceptors (Lipinski definition) is 0. The molecule has 29 heavy (non-hydrogen) atoms. The van der Waals surface area contributed by atoms with Gasteiger partial charge >= 0.3 is 0 Å². The Morgan fingerprint density at radius 2 is 1.07 bits per heavy atom. The molecule has 0 unspecified atom stereocenters. The third-order valence-electron chi connectivity index (χ3n) is 6.19. The van der Waals surface area contributed by atoms with Crippen molar-refractivity contribution in [1.82, 2.24) is 0 Å². The Hall–Kier alpha value is -0.130. The van der Waals surface area contributed by atoms with Gasteiger partial charge in [0.25, 0.3) is 0 Å². The molecule has 0 radical (unpaired) electrons. The Morgan fingerprint density at radius 1 is 0.655 bits per heavy atom. The van der Waals surface area contributed by atoms with Crippen LogP contribution in [0.2, 0.25) is 0 Å². The van der Waals surface area contributed by atoms with Gasteiger partial charge in [-0.1, -0.05) is 96.2 Å². The van der Waals surface area contributed by atoms with E-state index in [1.54, 1.807) is 5.56 Å². The highest BCUT2D eigenvalue weighted by atomic mass is 79.9. The Labute approximate surface area is 194 Å². The second-order valence-corrected chi connectivity index (χ2v) is 13.1. The molecule has 0 aromatic heterocycles. The van der Waals surface area contributed by atoms with Crippen LogP contribution in [-0.2, 0) is 6.16 Å². The first-order valence-electron chi connectivity index (χ1n) is 12.3. The second-order valence-electron chi connectivity index (χ2n) is 8.80. The number of rotatable bonds is 18. The maximum Gasteiger partial charge on any atom is 0.0842 e. The summed E-state index contributed by atoms with van der Waals surface area (Å²) in [4.78, 5) is 0. The summed E-state index contributed by atoms with van der Waals surface area (Å²) < 4.78 is 0. The third kappa shape index (κ3) is 13.0. The molecule has 1 rings (SSSR count). The zero-order valence-corrected chi connectivity index (χ0v) is 22.2. The van der Waals surface area contributed by atoms with E-state index in [1.165, 1.54) is 107 Å². The molecular formula is C27H48BrP. The quantitative estimate of drug-likeness (QED) is 0.163. The molecule has 0 heterocycles. The standard InChI is InChI=1S/C27H48P.BrH/c1-5-9-12-15-22-28(23-16-13-10-6-2,24-17-14-11-7-3)25-27-20-18-26(8-4)19-21-27;/h8,18-21H,4-7,9-17,22-25H2,1-3H3;1H/q+1;/p-1. The van der Waals surface area contributed by atoms with Gasteiger partial charge in [0.1, 0.15) is 0 Å². The van der Waals surface area contributed by atoms with Gasteiger partial charge in [-0.3, -0.25) is 0 Å². The minimum Gasteiger partial charge on any atom is -1.00 e. The van der Waals surface area contributed by atoms with E-state index in [0.717, 1.165) is 0 Å². The van der Waals surface area contributed by atoms with Gasteiger partial charge in [0.05, 0.1) is 24.6 Å². The molecule has 0 spiro atoms. The predicted molar refractivity (Wildman–Crippen MR) is 134 cm³/mol. The van der Waals surface area contributed by atoms with E-state index in [1.807, 2.05) is 6.08 Å². The van der Waals surface area contributed by atoms with Crippen molar-refractivity contribution >= 4 is 13.3 Å². The predicted octanol–water partition coefficient (Wildman–Crippen LogP) is 6.59. The summed E-state index contributed by atoms with van der Waals surface area (Å²) in [5.74, 6) is 0. The minimum atomic E-state index is -0.888. The van der Waals surface area contributed by atoms with Crippen LogP contribution in [0.1, 0.15) is 109 Å². The van der Waals surface area contributed by atoms with Crippen LogP contribution < -0.4 is 17.0 Å². The van der Waals surface area contributed by atoms with Crippen molar-refractivity contribution in [2.24, 2.45) is 0 Å². The molecule has 1 aromatic carbocycles. The Morgan fingerprint density at radius 3 is 1.41 bits per heavy atom. The first kappa shape index (κ1) is 28.9. The van der Waals surface area contributed by atoms with E-state index >= 15 is 0 Å². The molecule has 0 aliphatic carbocycles. The van der Waals surface area contributed by atoms with E-state index in [-0.39, 0.29) is 17.0 Å². The lowest BCUT2D eigenvalue weighted by molar-refractivity contribution is -0.00000622. The van der Waals surface area contributed by atoms with E-state index in [2.05, 4.69) is 51.6 Å². The van der Waals surface area contributed by atoms with Gasteiger partial charge < -0.3 is 17.0 Å². The molecule has 0 N–H and O–H groups in total. The largest absolute Gasteiger partial charge is 1.00 e. The minimum absolute atomic E-state index is 0. The van der Waals surface area contributed by atoms with E-state index in [4.69, 9.17) is 0 Å². The molecule has 0 bridgehead atoms. The van der Waals surface area contributed by atoms with Crippen molar-refractivity contribution in [3.05, 3.63) is 42.0 Å². The maximum atomic E-state index is 3.92. The van der Waals surface area contributed by atoms with Gasteiger partial charge in [-0.25, -0.2) is 0 Å². The van der Waals surface area contributed by atoms with Crippen molar-refractivity contribution in [2.75, 3.05) is 18.5 Å². The van der Waals surface area contributed by atoms with Crippen molar-refractivity contribution in [1.29, 1.82) is 0 Å². The lowest BCUT2D eigenvalue weighted by Crippen LogP contribution is -3.00. The first-order chi connectivity index (χ1) is 13.7. The lowest BCUT2D eigenvalue weighted by atomic mass is 10.1. The Kier molecular flexibility index (Phi) is 18.5. The van der Waals surface area contributed by atoms with Crippen molar-refractivity contribution in [2.45, 2.75) is 104 Å². The van der Waals surface area contributed by atoms with Gasteiger partial charge in [0.2, 0.25) is 0 Å². The van der Waals surface area contributed by atoms with Crippen LogP contribution in [0.15, 0.2) is 30.8 Å². The smallest absolute Gasteiger partial charge is 0.0842 e. The molecule has 1 aromatic rings. The summed E-state index contributed by atoms with van der Waals surface area (Å²) in [6, 6.07) is 9.30. The number of hydrogen-bond donors (Lipinski definition) is 0. The number of benzene rings is 1. The number of unbranched alkanes of at least 4 members (excludes halogenated alkanes) is 9. The van der Waals surface area contributed by atoms with Gasteiger partial charge in [0, 0.05) is 7.26 Å². The maximum absolute atomic E-state index is 3.92. The van der Waals surface area contributed by atoms with Gasteiger partial charge in [-0.2, -0.15) is 0 Å². The molecule has 0 saturated carbocycles. The Bertz CT molecular complexity index is 462. The zero-order valence-electron chi connectivity index (χ0n) is 19.7. The topological polar surface area (TPSA) is 0 Å². The van der Waals surface area contributed by atoms with Gasteiger partial charge in [-0.05, 0) is 49.7 Å². The van der Waals surface area contributed by atoms with Crippen LogP contribution >= 0.6 is 7.26 Å². The summed E-state index contributed by atoms with van der Waals surface area (Å²) in [5.41, 5.74) is 2.84. The van der Waals surface area contributed by atoms with Crippen LogP contribution in [0.5, 0.6) is 0 Å². The highest BCUT2D eigenvalue weighted by Gasteiger charge is 2.35. The summed E-state index contributed by atoms with van der Waals surface area (Å²) in [6.45, 7) is 10.9. The SMILES string of the molecule is C=Cc1ccc(C[P+](CCCCCC)(CCCCCC)CCCCCC)cc1.[Br-]. The third-order valence-corrected chi connectivity index (χ3v) is 11.0. The van der Waals surface area contributed by atoms with E-state index in [0.29, 0.717) is 0 Å². The van der Waals surface area contributed by atoms with Crippen LogP contribution in [0.4, 0.5) is 0 Å². The highest BCUT2D eigenvalue weighted by molar-refractivity contribution is 7.75.